The van der Waals surface area contributed by atoms with E-state index in [0.29, 0.717) is 24.0 Å². The number of fused-ring (bicyclic) bond motifs is 1. The van der Waals surface area contributed by atoms with E-state index in [1.807, 2.05) is 0 Å². The van der Waals surface area contributed by atoms with Crippen molar-refractivity contribution in [3.05, 3.63) is 35.4 Å². The van der Waals surface area contributed by atoms with Crippen LogP contribution in [0.3, 0.4) is 0 Å². The number of benzene rings is 1. The zero-order chi connectivity index (χ0) is 13.4. The zero-order valence-corrected chi connectivity index (χ0v) is 10.4. The van der Waals surface area contributed by atoms with Crippen molar-refractivity contribution < 1.29 is 14.4 Å². The van der Waals surface area contributed by atoms with E-state index in [1.54, 1.807) is 24.3 Å². The molecule has 1 fully saturated rings. The largest absolute Gasteiger partial charge is 0.335 e. The van der Waals surface area contributed by atoms with Gasteiger partial charge in [0.15, 0.2) is 0 Å². The van der Waals surface area contributed by atoms with Gasteiger partial charge in [-0.3, -0.25) is 19.3 Å². The number of carbonyl (C=O) groups excluding carboxylic acids is 3. The number of nitrogens with one attached hydrogen (secondary N) is 1. The Balaban J connectivity index is 1.93. The summed E-state index contributed by atoms with van der Waals surface area (Å²) in [5.74, 6) is -0.723. The molecule has 1 N–H and O–H groups in total. The number of carbonyl (C=O) groups is 3. The van der Waals surface area contributed by atoms with Gasteiger partial charge in [0.1, 0.15) is 6.17 Å². The predicted molar refractivity (Wildman–Crippen MR) is 67.3 cm³/mol. The summed E-state index contributed by atoms with van der Waals surface area (Å²) in [6.45, 7) is 0. The fourth-order valence-electron chi connectivity index (χ4n) is 2.64. The summed E-state index contributed by atoms with van der Waals surface area (Å²) in [5.41, 5.74) is 0.844. The fourth-order valence-corrected chi connectivity index (χ4v) is 2.64. The Morgan fingerprint density at radius 2 is 1.63 bits per heavy atom. The molecule has 5 nitrogen and oxygen atoms in total. The minimum absolute atomic E-state index is 0.0981. The summed E-state index contributed by atoms with van der Waals surface area (Å²) in [6, 6.07) is 6.76. The van der Waals surface area contributed by atoms with Crippen LogP contribution in [-0.2, 0) is 4.79 Å². The molecule has 0 aliphatic carbocycles. The molecule has 98 valence electrons. The van der Waals surface area contributed by atoms with Gasteiger partial charge in [0.05, 0.1) is 11.1 Å². The fraction of sp³-hybridized carbons (Fsp3) is 0.357. The number of amides is 3. The highest BCUT2D eigenvalue weighted by Crippen LogP contribution is 2.26. The van der Waals surface area contributed by atoms with Crippen LogP contribution in [0.1, 0.15) is 46.4 Å². The normalized spacial score (nSPS) is 23.1. The molecule has 2 aliphatic heterocycles. The maximum Gasteiger partial charge on any atom is 0.263 e. The molecule has 0 bridgehead atoms. The molecule has 0 radical (unpaired) electrons. The minimum Gasteiger partial charge on any atom is -0.335 e. The van der Waals surface area contributed by atoms with Crippen LogP contribution in [0.5, 0.6) is 0 Å². The lowest BCUT2D eigenvalue weighted by molar-refractivity contribution is -0.122. The van der Waals surface area contributed by atoms with Crippen molar-refractivity contribution in [1.82, 2.24) is 10.2 Å². The van der Waals surface area contributed by atoms with Crippen molar-refractivity contribution in [2.75, 3.05) is 0 Å². The summed E-state index contributed by atoms with van der Waals surface area (Å²) in [5, 5.41) is 2.76. The molecular formula is C14H14N2O3. The third kappa shape index (κ3) is 1.91. The summed E-state index contributed by atoms with van der Waals surface area (Å²) >= 11 is 0. The topological polar surface area (TPSA) is 66.5 Å². The molecule has 5 heteroatoms. The summed E-state index contributed by atoms with van der Waals surface area (Å²) in [7, 11) is 0. The molecule has 3 amide bonds. The van der Waals surface area contributed by atoms with Crippen LogP contribution in [-0.4, -0.2) is 28.8 Å². The Labute approximate surface area is 110 Å². The Morgan fingerprint density at radius 3 is 2.26 bits per heavy atom. The van der Waals surface area contributed by atoms with E-state index < -0.39 is 6.17 Å². The first-order valence-electron chi connectivity index (χ1n) is 6.45. The van der Waals surface area contributed by atoms with E-state index in [1.165, 1.54) is 4.90 Å². The van der Waals surface area contributed by atoms with Gasteiger partial charge in [-0.15, -0.1) is 0 Å². The van der Waals surface area contributed by atoms with Gasteiger partial charge in [0, 0.05) is 6.42 Å². The molecule has 1 unspecified atom stereocenters. The van der Waals surface area contributed by atoms with E-state index >= 15 is 0 Å². The number of nitrogens with zero attached hydrogens (tertiary/aromatic N) is 1. The van der Waals surface area contributed by atoms with Gasteiger partial charge >= 0.3 is 0 Å². The second-order valence-electron chi connectivity index (χ2n) is 4.85. The van der Waals surface area contributed by atoms with Gasteiger partial charge in [0.2, 0.25) is 5.91 Å². The molecule has 1 aromatic rings. The van der Waals surface area contributed by atoms with Crippen LogP contribution < -0.4 is 5.32 Å². The van der Waals surface area contributed by atoms with Crippen LogP contribution >= 0.6 is 0 Å². The maximum absolute atomic E-state index is 12.3. The SMILES string of the molecule is O=C1CCCCC(N2C(=O)c3ccccc3C2=O)N1. The van der Waals surface area contributed by atoms with Crippen LogP contribution in [0.25, 0.3) is 0 Å². The average molecular weight is 258 g/mol. The summed E-state index contributed by atoms with van der Waals surface area (Å²) in [6.07, 6.45) is 2.20. The second-order valence-corrected chi connectivity index (χ2v) is 4.85. The van der Waals surface area contributed by atoms with Gasteiger partial charge in [-0.2, -0.15) is 0 Å². The van der Waals surface area contributed by atoms with Crippen LogP contribution in [0.2, 0.25) is 0 Å². The van der Waals surface area contributed by atoms with E-state index in [2.05, 4.69) is 5.32 Å². The van der Waals surface area contributed by atoms with E-state index in [9.17, 15) is 14.4 Å². The molecule has 19 heavy (non-hydrogen) atoms. The maximum atomic E-state index is 12.3. The van der Waals surface area contributed by atoms with Gasteiger partial charge in [-0.1, -0.05) is 12.1 Å². The smallest absolute Gasteiger partial charge is 0.263 e. The van der Waals surface area contributed by atoms with E-state index in [-0.39, 0.29) is 17.7 Å². The van der Waals surface area contributed by atoms with Crippen LogP contribution in [0, 0.1) is 0 Å². The zero-order valence-electron chi connectivity index (χ0n) is 10.4. The summed E-state index contributed by atoms with van der Waals surface area (Å²) in [4.78, 5) is 37.3. The lowest BCUT2D eigenvalue weighted by Crippen LogP contribution is -2.49. The molecule has 0 aromatic heterocycles. The molecule has 2 heterocycles. The monoisotopic (exact) mass is 258 g/mol. The standard InChI is InChI=1S/C14H14N2O3/c17-12-8-4-3-7-11(15-12)16-13(18)9-5-1-2-6-10(9)14(16)19/h1-2,5-6,11H,3-4,7-8H2,(H,15,17). The Morgan fingerprint density at radius 1 is 1.00 bits per heavy atom. The second kappa shape index (κ2) is 4.50. The Kier molecular flexibility index (Phi) is 2.81. The highest BCUT2D eigenvalue weighted by atomic mass is 16.2. The minimum atomic E-state index is -0.512. The molecule has 1 atom stereocenters. The number of hydrogen-bond acceptors (Lipinski definition) is 3. The van der Waals surface area contributed by atoms with Crippen LogP contribution in [0.15, 0.2) is 24.3 Å². The number of hydrogen-bond donors (Lipinski definition) is 1. The lowest BCUT2D eigenvalue weighted by atomic mass is 10.1. The first-order chi connectivity index (χ1) is 9.18. The van der Waals surface area contributed by atoms with Crippen molar-refractivity contribution in [3.8, 4) is 0 Å². The molecule has 0 spiro atoms. The molecule has 1 aromatic carbocycles. The Bertz CT molecular complexity index is 533. The highest BCUT2D eigenvalue weighted by molar-refractivity contribution is 6.21. The Hall–Kier alpha value is -2.17. The van der Waals surface area contributed by atoms with Crippen molar-refractivity contribution >= 4 is 17.7 Å². The molecular weight excluding hydrogens is 244 g/mol. The van der Waals surface area contributed by atoms with Crippen molar-refractivity contribution in [2.45, 2.75) is 31.8 Å². The van der Waals surface area contributed by atoms with Crippen molar-refractivity contribution in [1.29, 1.82) is 0 Å². The van der Waals surface area contributed by atoms with Gasteiger partial charge < -0.3 is 5.32 Å². The third-order valence-electron chi connectivity index (χ3n) is 3.60. The first-order valence-corrected chi connectivity index (χ1v) is 6.45. The molecule has 3 rings (SSSR count). The third-order valence-corrected chi connectivity index (χ3v) is 3.60. The van der Waals surface area contributed by atoms with Crippen LogP contribution in [0.4, 0.5) is 0 Å². The number of imide groups is 1. The predicted octanol–water partition coefficient (Wildman–Crippen LogP) is 1.30. The van der Waals surface area contributed by atoms with Gasteiger partial charge in [-0.25, -0.2) is 0 Å². The molecule has 1 saturated heterocycles. The molecule has 2 aliphatic rings. The highest BCUT2D eigenvalue weighted by Gasteiger charge is 2.40. The van der Waals surface area contributed by atoms with E-state index in [4.69, 9.17) is 0 Å². The lowest BCUT2D eigenvalue weighted by Gasteiger charge is -2.25. The average Bonchev–Trinajstić information content (AvgIpc) is 2.56. The quantitative estimate of drug-likeness (QED) is 0.772. The first kappa shape index (κ1) is 11.9. The summed E-state index contributed by atoms with van der Waals surface area (Å²) < 4.78 is 0. The van der Waals surface area contributed by atoms with Gasteiger partial charge in [-0.05, 0) is 31.4 Å². The van der Waals surface area contributed by atoms with Crippen molar-refractivity contribution in [2.24, 2.45) is 0 Å². The number of rotatable bonds is 1. The molecule has 0 saturated carbocycles. The van der Waals surface area contributed by atoms with Gasteiger partial charge in [0.25, 0.3) is 11.8 Å². The van der Waals surface area contributed by atoms with E-state index in [0.717, 1.165) is 12.8 Å². The van der Waals surface area contributed by atoms with Crippen molar-refractivity contribution in [3.63, 3.8) is 0 Å².